The molecular formula is C18H21NO3. The summed E-state index contributed by atoms with van der Waals surface area (Å²) in [5.74, 6) is -1.04. The Morgan fingerprint density at radius 3 is 2.41 bits per heavy atom. The van der Waals surface area contributed by atoms with Gasteiger partial charge < -0.3 is 10.4 Å². The highest BCUT2D eigenvalue weighted by molar-refractivity contribution is 5.87. The second-order valence-corrected chi connectivity index (χ2v) is 5.95. The van der Waals surface area contributed by atoms with Gasteiger partial charge in [0.15, 0.2) is 0 Å². The largest absolute Gasteiger partial charge is 0.480 e. The van der Waals surface area contributed by atoms with Crippen LogP contribution in [0.3, 0.4) is 0 Å². The van der Waals surface area contributed by atoms with Gasteiger partial charge in [0.05, 0.1) is 6.42 Å². The smallest absolute Gasteiger partial charge is 0.326 e. The SMILES string of the molecule is CC(C)CC(NC(=O)Cc1ccc2ccccc2c1)C(=O)O. The van der Waals surface area contributed by atoms with Crippen molar-refractivity contribution in [3.05, 3.63) is 48.0 Å². The number of hydrogen-bond donors (Lipinski definition) is 2. The molecule has 2 aromatic rings. The quantitative estimate of drug-likeness (QED) is 0.861. The van der Waals surface area contributed by atoms with Gasteiger partial charge in [-0.1, -0.05) is 56.3 Å². The lowest BCUT2D eigenvalue weighted by atomic mass is 10.0. The predicted molar refractivity (Wildman–Crippen MR) is 86.7 cm³/mol. The van der Waals surface area contributed by atoms with Crippen LogP contribution < -0.4 is 5.32 Å². The maximum Gasteiger partial charge on any atom is 0.326 e. The molecule has 0 saturated heterocycles. The van der Waals surface area contributed by atoms with Gasteiger partial charge >= 0.3 is 5.97 Å². The number of nitrogens with one attached hydrogen (secondary N) is 1. The van der Waals surface area contributed by atoms with Crippen molar-refractivity contribution in [2.45, 2.75) is 32.7 Å². The first-order valence-electron chi connectivity index (χ1n) is 7.45. The Kier molecular flexibility index (Phi) is 5.15. The Morgan fingerprint density at radius 2 is 1.77 bits per heavy atom. The van der Waals surface area contributed by atoms with E-state index in [2.05, 4.69) is 5.32 Å². The van der Waals surface area contributed by atoms with E-state index in [9.17, 15) is 9.59 Å². The molecule has 0 bridgehead atoms. The van der Waals surface area contributed by atoms with Crippen molar-refractivity contribution < 1.29 is 14.7 Å². The summed E-state index contributed by atoms with van der Waals surface area (Å²) < 4.78 is 0. The fourth-order valence-corrected chi connectivity index (χ4v) is 2.47. The number of hydrogen-bond acceptors (Lipinski definition) is 2. The second kappa shape index (κ2) is 7.07. The van der Waals surface area contributed by atoms with Crippen LogP contribution in [0.15, 0.2) is 42.5 Å². The summed E-state index contributed by atoms with van der Waals surface area (Å²) in [5.41, 5.74) is 0.880. The molecule has 2 N–H and O–H groups in total. The van der Waals surface area contributed by atoms with E-state index in [-0.39, 0.29) is 18.2 Å². The lowest BCUT2D eigenvalue weighted by molar-refractivity contribution is -0.142. The van der Waals surface area contributed by atoms with Gasteiger partial charge in [0.1, 0.15) is 6.04 Å². The Labute approximate surface area is 130 Å². The molecule has 1 unspecified atom stereocenters. The van der Waals surface area contributed by atoms with E-state index in [1.165, 1.54) is 0 Å². The monoisotopic (exact) mass is 299 g/mol. The van der Waals surface area contributed by atoms with E-state index in [0.29, 0.717) is 6.42 Å². The third kappa shape index (κ3) is 4.32. The summed E-state index contributed by atoms with van der Waals surface area (Å²) in [5, 5.41) is 14.0. The Bertz CT molecular complexity index is 679. The highest BCUT2D eigenvalue weighted by atomic mass is 16.4. The van der Waals surface area contributed by atoms with Crippen molar-refractivity contribution in [2.24, 2.45) is 5.92 Å². The van der Waals surface area contributed by atoms with Crippen LogP contribution in [0.5, 0.6) is 0 Å². The van der Waals surface area contributed by atoms with Crippen LogP contribution in [0.4, 0.5) is 0 Å². The van der Waals surface area contributed by atoms with Gasteiger partial charge in [-0.3, -0.25) is 4.79 Å². The summed E-state index contributed by atoms with van der Waals surface area (Å²) in [6.45, 7) is 3.87. The van der Waals surface area contributed by atoms with Gasteiger partial charge in [-0.15, -0.1) is 0 Å². The van der Waals surface area contributed by atoms with Crippen molar-refractivity contribution in [1.29, 1.82) is 0 Å². The molecular weight excluding hydrogens is 278 g/mol. The van der Waals surface area contributed by atoms with Gasteiger partial charge in [-0.25, -0.2) is 4.79 Å². The minimum Gasteiger partial charge on any atom is -0.480 e. The molecule has 0 aromatic heterocycles. The van der Waals surface area contributed by atoms with Crippen molar-refractivity contribution in [3.63, 3.8) is 0 Å². The van der Waals surface area contributed by atoms with Crippen molar-refractivity contribution >= 4 is 22.6 Å². The lowest BCUT2D eigenvalue weighted by Gasteiger charge is -2.16. The van der Waals surface area contributed by atoms with E-state index in [1.54, 1.807) is 0 Å². The van der Waals surface area contributed by atoms with E-state index >= 15 is 0 Å². The summed E-state index contributed by atoms with van der Waals surface area (Å²) in [4.78, 5) is 23.3. The van der Waals surface area contributed by atoms with Crippen LogP contribution in [0, 0.1) is 5.92 Å². The van der Waals surface area contributed by atoms with Gasteiger partial charge in [-0.05, 0) is 28.7 Å². The molecule has 0 aliphatic carbocycles. The molecule has 116 valence electrons. The summed E-state index contributed by atoms with van der Waals surface area (Å²) in [6.07, 6.45) is 0.617. The zero-order chi connectivity index (χ0) is 16.1. The molecule has 22 heavy (non-hydrogen) atoms. The fraction of sp³-hybridized carbons (Fsp3) is 0.333. The molecule has 0 aliphatic rings. The number of aliphatic carboxylic acids is 1. The third-order valence-corrected chi connectivity index (χ3v) is 3.52. The molecule has 0 aliphatic heterocycles. The van der Waals surface area contributed by atoms with Crippen LogP contribution in [-0.4, -0.2) is 23.0 Å². The summed E-state index contributed by atoms with van der Waals surface area (Å²) in [7, 11) is 0. The standard InChI is InChI=1S/C18H21NO3/c1-12(2)9-16(18(21)22)19-17(20)11-13-7-8-14-5-3-4-6-15(14)10-13/h3-8,10,12,16H,9,11H2,1-2H3,(H,19,20)(H,21,22). The number of carboxylic acids is 1. The van der Waals surface area contributed by atoms with Gasteiger partial charge in [-0.2, -0.15) is 0 Å². The fourth-order valence-electron chi connectivity index (χ4n) is 2.47. The predicted octanol–water partition coefficient (Wildman–Crippen LogP) is 3.00. The Balaban J connectivity index is 2.04. The minimum atomic E-state index is -0.986. The molecule has 0 spiro atoms. The number of rotatable bonds is 6. The first kappa shape index (κ1) is 16.0. The maximum absolute atomic E-state index is 12.1. The topological polar surface area (TPSA) is 66.4 Å². The second-order valence-electron chi connectivity index (χ2n) is 5.95. The first-order valence-corrected chi connectivity index (χ1v) is 7.45. The molecule has 4 heteroatoms. The molecule has 4 nitrogen and oxygen atoms in total. The van der Waals surface area contributed by atoms with Crippen LogP contribution in [0.2, 0.25) is 0 Å². The van der Waals surface area contributed by atoms with E-state index in [0.717, 1.165) is 16.3 Å². The molecule has 2 aromatic carbocycles. The average molecular weight is 299 g/mol. The lowest BCUT2D eigenvalue weighted by Crippen LogP contribution is -2.42. The number of fused-ring (bicyclic) bond motifs is 1. The van der Waals surface area contributed by atoms with Crippen LogP contribution in [0.1, 0.15) is 25.8 Å². The van der Waals surface area contributed by atoms with E-state index in [1.807, 2.05) is 56.3 Å². The summed E-state index contributed by atoms with van der Waals surface area (Å²) >= 11 is 0. The Morgan fingerprint density at radius 1 is 1.09 bits per heavy atom. The molecule has 1 amide bonds. The molecule has 2 rings (SSSR count). The highest BCUT2D eigenvalue weighted by Gasteiger charge is 2.20. The van der Waals surface area contributed by atoms with E-state index in [4.69, 9.17) is 5.11 Å². The Hall–Kier alpha value is -2.36. The van der Waals surface area contributed by atoms with Gasteiger partial charge in [0.2, 0.25) is 5.91 Å². The molecule has 0 radical (unpaired) electrons. The van der Waals surface area contributed by atoms with Crippen LogP contribution in [0.25, 0.3) is 10.8 Å². The normalized spacial score (nSPS) is 12.3. The first-order chi connectivity index (χ1) is 10.5. The maximum atomic E-state index is 12.1. The number of carbonyl (C=O) groups excluding carboxylic acids is 1. The zero-order valence-corrected chi connectivity index (χ0v) is 12.9. The number of benzene rings is 2. The van der Waals surface area contributed by atoms with Crippen molar-refractivity contribution in [2.75, 3.05) is 0 Å². The van der Waals surface area contributed by atoms with Crippen molar-refractivity contribution in [1.82, 2.24) is 5.32 Å². The third-order valence-electron chi connectivity index (χ3n) is 3.52. The summed E-state index contributed by atoms with van der Waals surface area (Å²) in [6, 6.07) is 13.0. The van der Waals surface area contributed by atoms with Crippen LogP contribution in [-0.2, 0) is 16.0 Å². The van der Waals surface area contributed by atoms with Gasteiger partial charge in [0, 0.05) is 0 Å². The highest BCUT2D eigenvalue weighted by Crippen LogP contribution is 2.16. The number of carbonyl (C=O) groups is 2. The van der Waals surface area contributed by atoms with E-state index < -0.39 is 12.0 Å². The number of amides is 1. The van der Waals surface area contributed by atoms with Crippen molar-refractivity contribution in [3.8, 4) is 0 Å². The zero-order valence-electron chi connectivity index (χ0n) is 12.9. The number of carboxylic acid groups (broad SMARTS) is 1. The molecule has 0 heterocycles. The molecule has 0 saturated carbocycles. The minimum absolute atomic E-state index is 0.187. The van der Waals surface area contributed by atoms with Gasteiger partial charge in [0.25, 0.3) is 0 Å². The molecule has 1 atom stereocenters. The van der Waals surface area contributed by atoms with Crippen LogP contribution >= 0.6 is 0 Å². The molecule has 0 fully saturated rings. The average Bonchev–Trinajstić information content (AvgIpc) is 2.45.